The summed E-state index contributed by atoms with van der Waals surface area (Å²) in [7, 11) is -1.82. The molecule has 8 heteroatoms. The summed E-state index contributed by atoms with van der Waals surface area (Å²) in [4.78, 5) is 15.2. The van der Waals surface area contributed by atoms with Gasteiger partial charge in [0.1, 0.15) is 5.75 Å². The topological polar surface area (TPSA) is 112 Å². The van der Waals surface area contributed by atoms with Gasteiger partial charge in [-0.2, -0.15) is 5.26 Å². The van der Waals surface area contributed by atoms with Crippen LogP contribution < -0.4 is 15.0 Å². The maximum absolute atomic E-state index is 12.5. The van der Waals surface area contributed by atoms with Gasteiger partial charge < -0.3 is 9.72 Å². The van der Waals surface area contributed by atoms with E-state index in [2.05, 4.69) is 36.5 Å². The number of nitrogens with one attached hydrogen (secondary N) is 2. The number of hydrogen-bond acceptors (Lipinski definition) is 5. The van der Waals surface area contributed by atoms with Crippen LogP contribution in [0.2, 0.25) is 0 Å². The molecule has 2 aromatic carbocycles. The molecule has 3 rings (SSSR count). The molecule has 0 unspecified atom stereocenters. The van der Waals surface area contributed by atoms with Gasteiger partial charge in [-0.1, -0.05) is 32.9 Å². The Kier molecular flexibility index (Phi) is 6.99. The highest BCUT2D eigenvalue weighted by Crippen LogP contribution is 2.39. The number of pyridine rings is 1. The largest absolute Gasteiger partial charge is 0.496 e. The number of ether oxygens (including phenoxy) is 1. The van der Waals surface area contributed by atoms with Crippen LogP contribution in [-0.2, 0) is 15.4 Å². The number of methoxy groups -OCH3 is 1. The van der Waals surface area contributed by atoms with Gasteiger partial charge in [-0.15, -0.1) is 0 Å². The van der Waals surface area contributed by atoms with Gasteiger partial charge in [0.05, 0.1) is 25.0 Å². The molecule has 34 heavy (non-hydrogen) atoms. The molecule has 2 N–H and O–H groups in total. The molecular weight excluding hydrogens is 450 g/mol. The van der Waals surface area contributed by atoms with Gasteiger partial charge in [-0.05, 0) is 59.0 Å². The zero-order chi connectivity index (χ0) is 25.1. The van der Waals surface area contributed by atoms with Crippen molar-refractivity contribution < 1.29 is 13.2 Å². The smallest absolute Gasteiger partial charge is 0.255 e. The van der Waals surface area contributed by atoms with Crippen molar-refractivity contribution in [3.8, 4) is 22.9 Å². The van der Waals surface area contributed by atoms with Crippen LogP contribution >= 0.6 is 0 Å². The summed E-state index contributed by atoms with van der Waals surface area (Å²) in [6.07, 6.45) is 4.37. The van der Waals surface area contributed by atoms with Crippen LogP contribution in [0.25, 0.3) is 22.8 Å². The number of hydrogen-bond donors (Lipinski definition) is 2. The highest BCUT2D eigenvalue weighted by Gasteiger charge is 2.23. The molecule has 1 aromatic heterocycles. The second kappa shape index (κ2) is 9.57. The molecule has 7 nitrogen and oxygen atoms in total. The minimum Gasteiger partial charge on any atom is -0.496 e. The third kappa shape index (κ3) is 5.74. The number of rotatable bonds is 6. The number of benzene rings is 2. The molecule has 0 aliphatic rings. The van der Waals surface area contributed by atoms with E-state index in [0.29, 0.717) is 39.3 Å². The Bertz CT molecular complexity index is 1440. The van der Waals surface area contributed by atoms with E-state index in [9.17, 15) is 18.5 Å². The summed E-state index contributed by atoms with van der Waals surface area (Å²) in [6, 6.07) is 16.0. The molecule has 1 heterocycles. The molecule has 0 aliphatic carbocycles. The summed E-state index contributed by atoms with van der Waals surface area (Å²) >= 11 is 0. The highest BCUT2D eigenvalue weighted by atomic mass is 32.2. The predicted molar refractivity (Wildman–Crippen MR) is 136 cm³/mol. The van der Waals surface area contributed by atoms with Crippen molar-refractivity contribution in [1.29, 1.82) is 5.26 Å². The number of sulfonamides is 1. The number of aromatic nitrogens is 1. The maximum Gasteiger partial charge on any atom is 0.255 e. The van der Waals surface area contributed by atoms with Crippen LogP contribution in [-0.4, -0.2) is 26.8 Å². The first-order valence-electron chi connectivity index (χ1n) is 10.5. The number of nitriles is 1. The molecule has 0 fully saturated rings. The molecule has 0 saturated heterocycles. The molecule has 0 atom stereocenters. The lowest BCUT2D eigenvalue weighted by atomic mass is 9.83. The predicted octanol–water partition coefficient (Wildman–Crippen LogP) is 4.78. The molecule has 0 bridgehead atoms. The number of H-pyrrole nitrogens is 1. The van der Waals surface area contributed by atoms with Crippen molar-refractivity contribution in [2.45, 2.75) is 26.2 Å². The normalized spacial score (nSPS) is 12.2. The van der Waals surface area contributed by atoms with Crippen molar-refractivity contribution in [3.63, 3.8) is 0 Å². The van der Waals surface area contributed by atoms with Crippen molar-refractivity contribution in [2.75, 3.05) is 18.1 Å². The highest BCUT2D eigenvalue weighted by molar-refractivity contribution is 7.92. The summed E-state index contributed by atoms with van der Waals surface area (Å²) in [6.45, 7) is 6.15. The number of aromatic amines is 1. The Morgan fingerprint density at radius 1 is 1.15 bits per heavy atom. The molecule has 0 spiro atoms. The first kappa shape index (κ1) is 24.8. The van der Waals surface area contributed by atoms with Crippen molar-refractivity contribution in [2.24, 2.45) is 0 Å². The van der Waals surface area contributed by atoms with Crippen LogP contribution in [0, 0.1) is 11.3 Å². The van der Waals surface area contributed by atoms with E-state index in [1.807, 2.05) is 12.1 Å². The fraction of sp³-hybridized carbons (Fsp3) is 0.231. The SMILES string of the molecule is COc1c(/C=C(\C#N)c2ccc(NS(C)(=O)=O)cc2)cc(-c2ccc[nH]c2=O)cc1C(C)(C)C. The van der Waals surface area contributed by atoms with Crippen molar-refractivity contribution in [1.82, 2.24) is 4.98 Å². The molecule has 0 saturated carbocycles. The van der Waals surface area contributed by atoms with E-state index in [0.717, 1.165) is 11.8 Å². The van der Waals surface area contributed by atoms with E-state index in [-0.39, 0.29) is 11.0 Å². The third-order valence-electron chi connectivity index (χ3n) is 5.18. The van der Waals surface area contributed by atoms with Gasteiger partial charge in [0, 0.05) is 28.6 Å². The number of allylic oxidation sites excluding steroid dienone is 1. The molecule has 176 valence electrons. The van der Waals surface area contributed by atoms with Crippen LogP contribution in [0.1, 0.15) is 37.5 Å². The first-order chi connectivity index (χ1) is 15.9. The summed E-state index contributed by atoms with van der Waals surface area (Å²) in [5.74, 6) is 0.617. The fourth-order valence-corrected chi connectivity index (χ4v) is 4.18. The summed E-state index contributed by atoms with van der Waals surface area (Å²) in [5.41, 5.74) is 3.65. The maximum atomic E-state index is 12.5. The van der Waals surface area contributed by atoms with Crippen LogP contribution in [0.4, 0.5) is 5.69 Å². The zero-order valence-electron chi connectivity index (χ0n) is 19.8. The quantitative estimate of drug-likeness (QED) is 0.392. The second-order valence-electron chi connectivity index (χ2n) is 8.93. The molecule has 0 aliphatic heterocycles. The van der Waals surface area contributed by atoms with Gasteiger partial charge in [0.15, 0.2) is 0 Å². The standard InChI is InChI=1S/C26H27N3O4S/c1-26(2,3)23-15-18(22-7-6-12-28-25(22)30)13-19(24(23)33-4)14-20(16-27)17-8-10-21(11-9-17)29-34(5,31)32/h6-15,29H,1-5H3,(H,28,30)/b20-14+. The van der Waals surface area contributed by atoms with Crippen molar-refractivity contribution >= 4 is 27.4 Å². The van der Waals surface area contributed by atoms with Gasteiger partial charge in [0.25, 0.3) is 5.56 Å². The molecule has 0 amide bonds. The average molecular weight is 478 g/mol. The Morgan fingerprint density at radius 3 is 2.35 bits per heavy atom. The number of nitrogens with zero attached hydrogens (tertiary/aromatic N) is 1. The first-order valence-corrected chi connectivity index (χ1v) is 12.4. The lowest BCUT2D eigenvalue weighted by Gasteiger charge is -2.24. The Hall–Kier alpha value is -3.83. The van der Waals surface area contributed by atoms with Crippen molar-refractivity contribution in [3.05, 3.63) is 81.8 Å². The van der Waals surface area contributed by atoms with Crippen LogP contribution in [0.15, 0.2) is 59.5 Å². The van der Waals surface area contributed by atoms with E-state index in [4.69, 9.17) is 4.74 Å². The van der Waals surface area contributed by atoms with E-state index in [1.165, 1.54) is 0 Å². The minimum atomic E-state index is -3.40. The monoisotopic (exact) mass is 477 g/mol. The molecule has 3 aromatic rings. The molecular formula is C26H27N3O4S. The molecule has 0 radical (unpaired) electrons. The third-order valence-corrected chi connectivity index (χ3v) is 5.78. The van der Waals surface area contributed by atoms with E-state index >= 15 is 0 Å². The Morgan fingerprint density at radius 2 is 1.82 bits per heavy atom. The van der Waals surface area contributed by atoms with Gasteiger partial charge in [0.2, 0.25) is 10.0 Å². The lowest BCUT2D eigenvalue weighted by Crippen LogP contribution is -2.15. The van der Waals surface area contributed by atoms with Gasteiger partial charge in [-0.25, -0.2) is 8.42 Å². The van der Waals surface area contributed by atoms with Crippen LogP contribution in [0.5, 0.6) is 5.75 Å². The van der Waals surface area contributed by atoms with Gasteiger partial charge >= 0.3 is 0 Å². The van der Waals surface area contributed by atoms with Gasteiger partial charge in [-0.3, -0.25) is 9.52 Å². The van der Waals surface area contributed by atoms with E-state index in [1.54, 1.807) is 55.8 Å². The van der Waals surface area contributed by atoms with Crippen LogP contribution in [0.3, 0.4) is 0 Å². The summed E-state index contributed by atoms with van der Waals surface area (Å²) in [5, 5.41) is 9.89. The Labute approximate surface area is 199 Å². The second-order valence-corrected chi connectivity index (χ2v) is 10.7. The zero-order valence-corrected chi connectivity index (χ0v) is 20.6. The van der Waals surface area contributed by atoms with E-state index < -0.39 is 10.0 Å². The lowest BCUT2D eigenvalue weighted by molar-refractivity contribution is 0.397. The average Bonchev–Trinajstić information content (AvgIpc) is 2.76. The Balaban J connectivity index is 2.20. The minimum absolute atomic E-state index is 0.211. The number of anilines is 1. The fourth-order valence-electron chi connectivity index (χ4n) is 3.62. The summed E-state index contributed by atoms with van der Waals surface area (Å²) < 4.78 is 31.1.